The lowest BCUT2D eigenvalue weighted by Gasteiger charge is -2.01. The van der Waals surface area contributed by atoms with E-state index in [1.807, 2.05) is 72.3 Å². The number of hydrogen-bond acceptors (Lipinski definition) is 4. The summed E-state index contributed by atoms with van der Waals surface area (Å²) in [4.78, 5) is 9.31. The quantitative estimate of drug-likeness (QED) is 0.498. The van der Waals surface area contributed by atoms with E-state index in [4.69, 9.17) is 4.98 Å². The van der Waals surface area contributed by atoms with Crippen LogP contribution in [0, 0.1) is 6.92 Å². The molecule has 0 fully saturated rings. The van der Waals surface area contributed by atoms with Crippen molar-refractivity contribution in [2.75, 3.05) is 0 Å². The van der Waals surface area contributed by atoms with E-state index in [1.165, 1.54) is 0 Å². The van der Waals surface area contributed by atoms with Gasteiger partial charge in [0, 0.05) is 5.56 Å². The Kier molecular flexibility index (Phi) is 2.90. The van der Waals surface area contributed by atoms with Crippen LogP contribution >= 0.6 is 0 Å². The first kappa shape index (κ1) is 13.9. The second kappa shape index (κ2) is 5.24. The first-order valence-electron chi connectivity index (χ1n) is 8.03. The fraction of sp³-hybridized carbons (Fsp3) is 0.0526. The molecule has 0 unspecified atom stereocenters. The molecule has 0 bridgehead atoms. The molecule has 0 saturated carbocycles. The van der Waals surface area contributed by atoms with E-state index in [2.05, 4.69) is 15.2 Å². The smallest absolute Gasteiger partial charge is 0.182 e. The Labute approximate surface area is 143 Å². The summed E-state index contributed by atoms with van der Waals surface area (Å²) < 4.78 is 3.57. The van der Waals surface area contributed by atoms with Crippen LogP contribution in [0.5, 0.6) is 0 Å². The molecule has 3 heterocycles. The van der Waals surface area contributed by atoms with Crippen LogP contribution in [0.3, 0.4) is 0 Å². The molecule has 0 aliphatic carbocycles. The fourth-order valence-electron chi connectivity index (χ4n) is 3.04. The Morgan fingerprint density at radius 3 is 2.28 bits per heavy atom. The molecule has 120 valence electrons. The maximum Gasteiger partial charge on any atom is 0.182 e. The maximum absolute atomic E-state index is 4.74. The molecule has 2 aromatic carbocycles. The van der Waals surface area contributed by atoms with E-state index < -0.39 is 0 Å². The van der Waals surface area contributed by atoms with E-state index >= 15 is 0 Å². The van der Waals surface area contributed by atoms with Crippen molar-refractivity contribution in [2.45, 2.75) is 6.92 Å². The number of benzene rings is 2. The predicted octanol–water partition coefficient (Wildman–Crippen LogP) is 3.44. The number of hydrogen-bond donors (Lipinski definition) is 0. The molecule has 0 saturated heterocycles. The summed E-state index contributed by atoms with van der Waals surface area (Å²) in [6, 6.07) is 19.9. The Morgan fingerprint density at radius 2 is 1.52 bits per heavy atom. The molecule has 3 aromatic heterocycles. The third-order valence-corrected chi connectivity index (χ3v) is 4.21. The van der Waals surface area contributed by atoms with Gasteiger partial charge in [-0.05, 0) is 19.1 Å². The standard InChI is InChI=1S/C19H14N6/c1-13-16-18(25(22-13)15-10-6-3-7-11-15)20-12-24-19(16)21-17(23-24)14-8-4-2-5-9-14/h2-12H,1H3. The predicted molar refractivity (Wildman–Crippen MR) is 95.6 cm³/mol. The molecule has 6 nitrogen and oxygen atoms in total. The molecule has 0 atom stereocenters. The van der Waals surface area contributed by atoms with Gasteiger partial charge in [-0.15, -0.1) is 5.10 Å². The van der Waals surface area contributed by atoms with Crippen LogP contribution < -0.4 is 0 Å². The third kappa shape index (κ3) is 2.11. The van der Waals surface area contributed by atoms with Crippen LogP contribution in [-0.4, -0.2) is 29.4 Å². The lowest BCUT2D eigenvalue weighted by Crippen LogP contribution is -1.98. The topological polar surface area (TPSA) is 60.9 Å². The first-order valence-corrected chi connectivity index (χ1v) is 8.03. The minimum absolute atomic E-state index is 0.682. The summed E-state index contributed by atoms with van der Waals surface area (Å²) >= 11 is 0. The van der Waals surface area contributed by atoms with Gasteiger partial charge in [-0.25, -0.2) is 19.2 Å². The molecule has 0 N–H and O–H groups in total. The van der Waals surface area contributed by atoms with Crippen molar-refractivity contribution in [3.63, 3.8) is 0 Å². The van der Waals surface area contributed by atoms with Gasteiger partial charge in [-0.2, -0.15) is 5.10 Å². The summed E-state index contributed by atoms with van der Waals surface area (Å²) in [7, 11) is 0. The average molecular weight is 326 g/mol. The van der Waals surface area contributed by atoms with Crippen LogP contribution in [0.1, 0.15) is 5.69 Å². The van der Waals surface area contributed by atoms with E-state index in [9.17, 15) is 0 Å². The minimum Gasteiger partial charge on any atom is -0.216 e. The number of fused-ring (bicyclic) bond motifs is 3. The SMILES string of the molecule is Cc1nn(-c2ccccc2)c2ncn3nc(-c4ccccc4)nc3c12. The Balaban J connectivity index is 1.79. The van der Waals surface area contributed by atoms with Crippen molar-refractivity contribution < 1.29 is 0 Å². The van der Waals surface area contributed by atoms with E-state index in [0.717, 1.165) is 33.6 Å². The number of aromatic nitrogens is 6. The zero-order valence-corrected chi connectivity index (χ0v) is 13.5. The maximum atomic E-state index is 4.74. The van der Waals surface area contributed by atoms with Gasteiger partial charge in [-0.1, -0.05) is 48.5 Å². The van der Waals surface area contributed by atoms with Gasteiger partial charge >= 0.3 is 0 Å². The molecule has 0 aliphatic heterocycles. The third-order valence-electron chi connectivity index (χ3n) is 4.21. The molecule has 5 rings (SSSR count). The van der Waals surface area contributed by atoms with Gasteiger partial charge in [-0.3, -0.25) is 0 Å². The van der Waals surface area contributed by atoms with Crippen molar-refractivity contribution in [2.24, 2.45) is 0 Å². The lowest BCUT2D eigenvalue weighted by atomic mass is 10.2. The van der Waals surface area contributed by atoms with Gasteiger partial charge in [0.15, 0.2) is 17.1 Å². The second-order valence-electron chi connectivity index (χ2n) is 5.85. The highest BCUT2D eigenvalue weighted by Gasteiger charge is 2.17. The van der Waals surface area contributed by atoms with Gasteiger partial charge in [0.05, 0.1) is 16.8 Å². The van der Waals surface area contributed by atoms with Gasteiger partial charge in [0.1, 0.15) is 6.33 Å². The normalized spacial score (nSPS) is 11.4. The highest BCUT2D eigenvalue weighted by molar-refractivity contribution is 5.92. The summed E-state index contributed by atoms with van der Waals surface area (Å²) in [6.07, 6.45) is 1.69. The fourth-order valence-corrected chi connectivity index (χ4v) is 3.04. The Morgan fingerprint density at radius 1 is 0.800 bits per heavy atom. The molecule has 0 aliphatic rings. The van der Waals surface area contributed by atoms with Crippen LogP contribution in [0.25, 0.3) is 33.8 Å². The Bertz CT molecular complexity index is 1190. The number of nitrogens with zero attached hydrogens (tertiary/aromatic N) is 6. The molecule has 0 amide bonds. The minimum atomic E-state index is 0.682. The largest absolute Gasteiger partial charge is 0.216 e. The summed E-state index contributed by atoms with van der Waals surface area (Å²) in [5, 5.41) is 10.1. The van der Waals surface area contributed by atoms with Crippen molar-refractivity contribution in [1.29, 1.82) is 0 Å². The zero-order valence-electron chi connectivity index (χ0n) is 13.5. The molecule has 0 spiro atoms. The van der Waals surface area contributed by atoms with E-state index in [1.54, 1.807) is 10.8 Å². The van der Waals surface area contributed by atoms with Crippen LogP contribution in [0.15, 0.2) is 67.0 Å². The molecule has 6 heteroatoms. The van der Waals surface area contributed by atoms with Crippen molar-refractivity contribution in [1.82, 2.24) is 29.4 Å². The first-order chi connectivity index (χ1) is 12.3. The zero-order chi connectivity index (χ0) is 16.8. The van der Waals surface area contributed by atoms with Gasteiger partial charge in [0.2, 0.25) is 0 Å². The molecule has 0 radical (unpaired) electrons. The number of rotatable bonds is 2. The molecule has 5 aromatic rings. The highest BCUT2D eigenvalue weighted by atomic mass is 15.4. The van der Waals surface area contributed by atoms with Crippen LogP contribution in [0.2, 0.25) is 0 Å². The summed E-state index contributed by atoms with van der Waals surface area (Å²) in [5.74, 6) is 0.682. The lowest BCUT2D eigenvalue weighted by molar-refractivity contribution is 0.869. The highest BCUT2D eigenvalue weighted by Crippen LogP contribution is 2.25. The summed E-state index contributed by atoms with van der Waals surface area (Å²) in [5.41, 5.74) is 4.38. The number of aryl methyl sites for hydroxylation is 1. The molecular formula is C19H14N6. The van der Waals surface area contributed by atoms with E-state index in [-0.39, 0.29) is 0 Å². The molecule has 25 heavy (non-hydrogen) atoms. The van der Waals surface area contributed by atoms with Crippen LogP contribution in [0.4, 0.5) is 0 Å². The number of para-hydroxylation sites is 1. The molecular weight excluding hydrogens is 312 g/mol. The Hall–Kier alpha value is -3.54. The van der Waals surface area contributed by atoms with Gasteiger partial charge in [0.25, 0.3) is 0 Å². The van der Waals surface area contributed by atoms with Crippen LogP contribution in [-0.2, 0) is 0 Å². The average Bonchev–Trinajstić information content (AvgIpc) is 3.24. The summed E-state index contributed by atoms with van der Waals surface area (Å²) in [6.45, 7) is 1.97. The van der Waals surface area contributed by atoms with Gasteiger partial charge < -0.3 is 0 Å². The van der Waals surface area contributed by atoms with Crippen molar-refractivity contribution in [3.05, 3.63) is 72.7 Å². The van der Waals surface area contributed by atoms with E-state index in [0.29, 0.717) is 5.82 Å². The monoisotopic (exact) mass is 326 g/mol. The van der Waals surface area contributed by atoms with Crippen molar-refractivity contribution >= 4 is 16.7 Å². The second-order valence-corrected chi connectivity index (χ2v) is 5.85. The van der Waals surface area contributed by atoms with Crippen molar-refractivity contribution in [3.8, 4) is 17.1 Å².